The van der Waals surface area contributed by atoms with E-state index in [0.717, 1.165) is 22.3 Å². The van der Waals surface area contributed by atoms with Gasteiger partial charge in [-0.25, -0.2) is 8.42 Å². The van der Waals surface area contributed by atoms with Crippen LogP contribution in [0, 0.1) is 20.8 Å². The molecule has 6 heteroatoms. The summed E-state index contributed by atoms with van der Waals surface area (Å²) in [5.41, 5.74) is 4.75. The number of anilines is 1. The highest BCUT2D eigenvalue weighted by atomic mass is 32.2. The molecule has 0 fully saturated rings. The van der Waals surface area contributed by atoms with Crippen molar-refractivity contribution < 1.29 is 13.2 Å². The number of benzene rings is 3. The van der Waals surface area contributed by atoms with Gasteiger partial charge in [0.25, 0.3) is 15.9 Å². The van der Waals surface area contributed by atoms with Crippen molar-refractivity contribution in [3.8, 4) is 0 Å². The van der Waals surface area contributed by atoms with Crippen molar-refractivity contribution in [3.63, 3.8) is 0 Å². The van der Waals surface area contributed by atoms with Crippen molar-refractivity contribution in [2.45, 2.75) is 38.6 Å². The van der Waals surface area contributed by atoms with E-state index in [1.807, 2.05) is 39.8 Å². The standard InChI is InChI=1S/C24H26N2O3S/c1-16-9-12-20(13-10-16)30(28,29)26-23-8-6-5-7-22(23)24(27)25-19(4)21-14-11-17(2)15-18(21)3/h5-15,19,26H,1-4H3,(H,25,27)/t19-/m0/s1. The van der Waals surface area contributed by atoms with Gasteiger partial charge in [0, 0.05) is 0 Å². The Morgan fingerprint density at radius 3 is 2.17 bits per heavy atom. The van der Waals surface area contributed by atoms with E-state index in [0.29, 0.717) is 0 Å². The summed E-state index contributed by atoms with van der Waals surface area (Å²) in [5.74, 6) is -0.343. The zero-order valence-corrected chi connectivity index (χ0v) is 18.4. The predicted octanol–water partition coefficient (Wildman–Crippen LogP) is 4.90. The van der Waals surface area contributed by atoms with Crippen LogP contribution < -0.4 is 10.0 Å². The predicted molar refractivity (Wildman–Crippen MR) is 120 cm³/mol. The second kappa shape index (κ2) is 8.71. The summed E-state index contributed by atoms with van der Waals surface area (Å²) in [6.07, 6.45) is 0. The minimum Gasteiger partial charge on any atom is -0.345 e. The lowest BCUT2D eigenvalue weighted by molar-refractivity contribution is 0.0940. The van der Waals surface area contributed by atoms with Crippen LogP contribution in [-0.2, 0) is 10.0 Å². The highest BCUT2D eigenvalue weighted by Crippen LogP contribution is 2.23. The smallest absolute Gasteiger partial charge is 0.261 e. The van der Waals surface area contributed by atoms with Crippen LogP contribution >= 0.6 is 0 Å². The van der Waals surface area contributed by atoms with Crippen molar-refractivity contribution in [2.75, 3.05) is 4.72 Å². The zero-order valence-electron chi connectivity index (χ0n) is 17.6. The highest BCUT2D eigenvalue weighted by molar-refractivity contribution is 7.92. The van der Waals surface area contributed by atoms with Crippen molar-refractivity contribution in [2.24, 2.45) is 0 Å². The van der Waals surface area contributed by atoms with Gasteiger partial charge in [-0.05, 0) is 63.1 Å². The number of sulfonamides is 1. The second-order valence-electron chi connectivity index (χ2n) is 7.52. The molecule has 0 aromatic heterocycles. The largest absolute Gasteiger partial charge is 0.345 e. The van der Waals surface area contributed by atoms with Crippen LogP contribution in [-0.4, -0.2) is 14.3 Å². The molecule has 1 atom stereocenters. The number of para-hydroxylation sites is 1. The maximum absolute atomic E-state index is 12.9. The number of hydrogen-bond donors (Lipinski definition) is 2. The van der Waals surface area contributed by atoms with E-state index in [9.17, 15) is 13.2 Å². The van der Waals surface area contributed by atoms with Crippen LogP contribution in [0.15, 0.2) is 71.6 Å². The van der Waals surface area contributed by atoms with Crippen LogP contribution in [0.5, 0.6) is 0 Å². The monoisotopic (exact) mass is 422 g/mol. The summed E-state index contributed by atoms with van der Waals surface area (Å²) in [7, 11) is -3.81. The lowest BCUT2D eigenvalue weighted by atomic mass is 10.00. The van der Waals surface area contributed by atoms with E-state index < -0.39 is 10.0 Å². The van der Waals surface area contributed by atoms with Gasteiger partial charge in [0.2, 0.25) is 0 Å². The minimum absolute atomic E-state index is 0.145. The first-order chi connectivity index (χ1) is 14.2. The average Bonchev–Trinajstić information content (AvgIpc) is 2.68. The Morgan fingerprint density at radius 1 is 0.867 bits per heavy atom. The van der Waals surface area contributed by atoms with Crippen LogP contribution in [0.4, 0.5) is 5.69 Å². The molecule has 0 unspecified atom stereocenters. The fourth-order valence-electron chi connectivity index (χ4n) is 3.35. The van der Waals surface area contributed by atoms with Gasteiger partial charge in [0.15, 0.2) is 0 Å². The molecule has 0 aliphatic heterocycles. The van der Waals surface area contributed by atoms with Gasteiger partial charge in [-0.2, -0.15) is 0 Å². The lowest BCUT2D eigenvalue weighted by Gasteiger charge is -2.19. The molecule has 5 nitrogen and oxygen atoms in total. The Bertz CT molecular complexity index is 1170. The third-order valence-corrected chi connectivity index (χ3v) is 6.37. The normalized spacial score (nSPS) is 12.3. The first-order valence-electron chi connectivity index (χ1n) is 9.74. The van der Waals surface area contributed by atoms with Crippen LogP contribution in [0.25, 0.3) is 0 Å². The minimum atomic E-state index is -3.81. The molecular weight excluding hydrogens is 396 g/mol. The van der Waals surface area contributed by atoms with E-state index in [1.54, 1.807) is 48.5 Å². The second-order valence-corrected chi connectivity index (χ2v) is 9.20. The molecule has 0 radical (unpaired) electrons. The zero-order chi connectivity index (χ0) is 21.9. The highest BCUT2D eigenvalue weighted by Gasteiger charge is 2.20. The van der Waals surface area contributed by atoms with Crippen LogP contribution in [0.1, 0.15) is 45.6 Å². The Hall–Kier alpha value is -3.12. The molecule has 0 aliphatic rings. The van der Waals surface area contributed by atoms with Gasteiger partial charge in [0.05, 0.1) is 22.2 Å². The molecular formula is C24H26N2O3S. The lowest BCUT2D eigenvalue weighted by Crippen LogP contribution is -2.28. The van der Waals surface area contributed by atoms with Crippen molar-refractivity contribution in [1.82, 2.24) is 5.32 Å². The van der Waals surface area contributed by atoms with Gasteiger partial charge < -0.3 is 5.32 Å². The fourth-order valence-corrected chi connectivity index (χ4v) is 4.43. The van der Waals surface area contributed by atoms with Gasteiger partial charge in [-0.1, -0.05) is 53.6 Å². The average molecular weight is 423 g/mol. The molecule has 30 heavy (non-hydrogen) atoms. The number of rotatable bonds is 6. The Morgan fingerprint density at radius 2 is 1.50 bits per heavy atom. The molecule has 0 spiro atoms. The molecule has 1 amide bonds. The fraction of sp³-hybridized carbons (Fsp3) is 0.208. The Kier molecular flexibility index (Phi) is 6.27. The maximum Gasteiger partial charge on any atom is 0.261 e. The molecule has 2 N–H and O–H groups in total. The van der Waals surface area contributed by atoms with Crippen LogP contribution in [0.3, 0.4) is 0 Å². The third kappa shape index (κ3) is 4.89. The molecule has 3 rings (SSSR count). The Balaban J connectivity index is 1.83. The van der Waals surface area contributed by atoms with Crippen molar-refractivity contribution >= 4 is 21.6 Å². The molecule has 0 bridgehead atoms. The summed E-state index contributed by atoms with van der Waals surface area (Å²) in [4.78, 5) is 13.1. The SMILES string of the molecule is Cc1ccc(S(=O)(=O)Nc2ccccc2C(=O)N[C@@H](C)c2ccc(C)cc2C)cc1. The van der Waals surface area contributed by atoms with E-state index >= 15 is 0 Å². The maximum atomic E-state index is 12.9. The molecule has 0 aliphatic carbocycles. The first-order valence-corrected chi connectivity index (χ1v) is 11.2. The molecule has 156 valence electrons. The summed E-state index contributed by atoms with van der Waals surface area (Å²) < 4.78 is 28.1. The molecule has 0 saturated heterocycles. The van der Waals surface area contributed by atoms with E-state index in [1.165, 1.54) is 0 Å². The molecule has 0 saturated carbocycles. The number of aryl methyl sites for hydroxylation is 3. The van der Waals surface area contributed by atoms with Gasteiger partial charge in [-0.3, -0.25) is 9.52 Å². The number of carbonyl (C=O) groups is 1. The number of nitrogens with one attached hydrogen (secondary N) is 2. The molecule has 0 heterocycles. The summed E-state index contributed by atoms with van der Waals surface area (Å²) in [5, 5.41) is 2.97. The van der Waals surface area contributed by atoms with Crippen LogP contribution in [0.2, 0.25) is 0 Å². The number of amides is 1. The summed E-state index contributed by atoms with van der Waals surface area (Å²) in [6, 6.07) is 19.0. The molecule has 3 aromatic carbocycles. The van der Waals surface area contributed by atoms with E-state index in [4.69, 9.17) is 0 Å². The summed E-state index contributed by atoms with van der Waals surface area (Å²) in [6.45, 7) is 7.83. The van der Waals surface area contributed by atoms with Gasteiger partial charge >= 0.3 is 0 Å². The van der Waals surface area contributed by atoms with Gasteiger partial charge in [-0.15, -0.1) is 0 Å². The third-order valence-electron chi connectivity index (χ3n) is 4.99. The van der Waals surface area contributed by atoms with E-state index in [2.05, 4.69) is 16.1 Å². The quantitative estimate of drug-likeness (QED) is 0.593. The number of carbonyl (C=O) groups excluding carboxylic acids is 1. The summed E-state index contributed by atoms with van der Waals surface area (Å²) >= 11 is 0. The topological polar surface area (TPSA) is 75.3 Å². The van der Waals surface area contributed by atoms with E-state index in [-0.39, 0.29) is 28.1 Å². The van der Waals surface area contributed by atoms with Crippen molar-refractivity contribution in [1.29, 1.82) is 0 Å². The first kappa shape index (κ1) is 21.6. The Labute approximate surface area is 178 Å². The number of hydrogen-bond acceptors (Lipinski definition) is 3. The van der Waals surface area contributed by atoms with Gasteiger partial charge in [0.1, 0.15) is 0 Å². The molecule has 3 aromatic rings. The van der Waals surface area contributed by atoms with Crippen molar-refractivity contribution in [3.05, 3.63) is 94.5 Å².